The Labute approximate surface area is 181 Å². The van der Waals surface area contributed by atoms with Crippen molar-refractivity contribution in [2.24, 2.45) is 5.92 Å². The molecule has 9 nitrogen and oxygen atoms in total. The quantitative estimate of drug-likeness (QED) is 0.627. The van der Waals surface area contributed by atoms with Gasteiger partial charge in [-0.15, -0.1) is 0 Å². The highest BCUT2D eigenvalue weighted by Gasteiger charge is 2.27. The number of aromatic nitrogens is 3. The molecule has 0 saturated carbocycles. The van der Waals surface area contributed by atoms with Crippen LogP contribution in [0.2, 0.25) is 0 Å². The first kappa shape index (κ1) is 21.3. The third-order valence-electron chi connectivity index (χ3n) is 5.41. The summed E-state index contributed by atoms with van der Waals surface area (Å²) in [5.41, 5.74) is 2.53. The summed E-state index contributed by atoms with van der Waals surface area (Å²) in [6.07, 6.45) is 5.87. The van der Waals surface area contributed by atoms with Gasteiger partial charge < -0.3 is 9.84 Å². The average molecular weight is 444 g/mol. The molecule has 0 fully saturated rings. The lowest BCUT2D eigenvalue weighted by molar-refractivity contribution is 0.101. The number of amides is 1. The van der Waals surface area contributed by atoms with E-state index in [4.69, 9.17) is 4.52 Å². The van der Waals surface area contributed by atoms with Gasteiger partial charge in [-0.1, -0.05) is 24.2 Å². The molecular formula is C21H25N5O4S. The van der Waals surface area contributed by atoms with E-state index in [1.165, 1.54) is 18.4 Å². The normalized spacial score (nSPS) is 16.3. The minimum atomic E-state index is -3.51. The predicted molar refractivity (Wildman–Crippen MR) is 114 cm³/mol. The molecule has 1 atom stereocenters. The Bertz CT molecular complexity index is 1210. The Balaban J connectivity index is 1.46. The van der Waals surface area contributed by atoms with Crippen molar-refractivity contribution in [3.05, 3.63) is 59.2 Å². The highest BCUT2D eigenvalue weighted by atomic mass is 32.2. The SMILES string of the molecule is CC1CCc2onc(C(=O)Nc3cnn(Cc4cccc(S(=O)(=O)N(C)C)c4)c3)c2C1. The fourth-order valence-corrected chi connectivity index (χ4v) is 4.64. The Kier molecular flexibility index (Phi) is 5.67. The van der Waals surface area contributed by atoms with Crippen molar-refractivity contribution in [2.45, 2.75) is 37.6 Å². The summed E-state index contributed by atoms with van der Waals surface area (Å²) in [5, 5.41) is 11.1. The molecule has 10 heteroatoms. The van der Waals surface area contributed by atoms with Gasteiger partial charge in [0.15, 0.2) is 5.69 Å². The number of carbonyl (C=O) groups excluding carboxylic acids is 1. The van der Waals surface area contributed by atoms with E-state index in [0.717, 1.165) is 36.1 Å². The number of nitrogens with zero attached hydrogens (tertiary/aromatic N) is 4. The number of sulfonamides is 1. The van der Waals surface area contributed by atoms with Crippen molar-refractivity contribution in [3.8, 4) is 0 Å². The van der Waals surface area contributed by atoms with Crippen molar-refractivity contribution in [2.75, 3.05) is 19.4 Å². The van der Waals surface area contributed by atoms with Crippen LogP contribution in [0, 0.1) is 5.92 Å². The van der Waals surface area contributed by atoms with Crippen molar-refractivity contribution in [1.82, 2.24) is 19.2 Å². The number of anilines is 1. The van der Waals surface area contributed by atoms with Crippen LogP contribution in [-0.2, 0) is 29.4 Å². The number of nitrogens with one attached hydrogen (secondary N) is 1. The van der Waals surface area contributed by atoms with E-state index in [1.54, 1.807) is 35.3 Å². The molecule has 31 heavy (non-hydrogen) atoms. The van der Waals surface area contributed by atoms with Gasteiger partial charge in [0.25, 0.3) is 5.91 Å². The Morgan fingerprint density at radius 2 is 2.16 bits per heavy atom. The third-order valence-corrected chi connectivity index (χ3v) is 7.23. The second kappa shape index (κ2) is 8.27. The summed E-state index contributed by atoms with van der Waals surface area (Å²) >= 11 is 0. The van der Waals surface area contributed by atoms with Gasteiger partial charge in [0.05, 0.1) is 23.3 Å². The summed E-state index contributed by atoms with van der Waals surface area (Å²) in [4.78, 5) is 12.9. The van der Waals surface area contributed by atoms with Gasteiger partial charge >= 0.3 is 0 Å². The van der Waals surface area contributed by atoms with Crippen LogP contribution in [0.25, 0.3) is 0 Å². The van der Waals surface area contributed by atoms with E-state index in [0.29, 0.717) is 23.8 Å². The minimum absolute atomic E-state index is 0.223. The lowest BCUT2D eigenvalue weighted by atomic mass is 9.88. The number of hydrogen-bond donors (Lipinski definition) is 1. The standard InChI is InChI=1S/C21H25N5O4S/c1-14-7-8-19-18(9-14)20(24-30-19)21(27)23-16-11-22-26(13-16)12-15-5-4-6-17(10-15)31(28,29)25(2)3/h4-6,10-11,13-14H,7-9,12H2,1-3H3,(H,23,27). The van der Waals surface area contributed by atoms with E-state index >= 15 is 0 Å². The van der Waals surface area contributed by atoms with E-state index in [1.807, 2.05) is 6.07 Å². The van der Waals surface area contributed by atoms with Crippen molar-refractivity contribution in [3.63, 3.8) is 0 Å². The first-order valence-electron chi connectivity index (χ1n) is 10.1. The van der Waals surface area contributed by atoms with Gasteiger partial charge in [0.1, 0.15) is 5.76 Å². The number of benzene rings is 1. The van der Waals surface area contributed by atoms with Gasteiger partial charge in [-0.2, -0.15) is 5.10 Å². The molecule has 164 valence electrons. The van der Waals surface area contributed by atoms with Gasteiger partial charge in [-0.25, -0.2) is 12.7 Å². The van der Waals surface area contributed by atoms with Crippen LogP contribution in [0.3, 0.4) is 0 Å². The zero-order valence-electron chi connectivity index (χ0n) is 17.7. The fourth-order valence-electron chi connectivity index (χ4n) is 3.66. The van der Waals surface area contributed by atoms with Crippen molar-refractivity contribution < 1.29 is 17.7 Å². The van der Waals surface area contributed by atoms with Crippen LogP contribution in [0.4, 0.5) is 5.69 Å². The van der Waals surface area contributed by atoms with Crippen LogP contribution in [0.5, 0.6) is 0 Å². The first-order valence-corrected chi connectivity index (χ1v) is 11.5. The predicted octanol–water partition coefficient (Wildman–Crippen LogP) is 2.55. The molecule has 0 radical (unpaired) electrons. The molecule has 1 aliphatic carbocycles. The van der Waals surface area contributed by atoms with Gasteiger partial charge in [-0.3, -0.25) is 9.48 Å². The lowest BCUT2D eigenvalue weighted by Gasteiger charge is -2.16. The molecule has 1 N–H and O–H groups in total. The minimum Gasteiger partial charge on any atom is -0.360 e. The fraction of sp³-hybridized carbons (Fsp3) is 0.381. The number of rotatable bonds is 6. The maximum atomic E-state index is 12.7. The second-order valence-corrected chi connectivity index (χ2v) is 10.2. The molecule has 0 saturated heterocycles. The molecule has 3 aromatic rings. The molecule has 0 spiro atoms. The van der Waals surface area contributed by atoms with Crippen LogP contribution < -0.4 is 5.32 Å². The first-order chi connectivity index (χ1) is 14.7. The van der Waals surface area contributed by atoms with E-state index in [-0.39, 0.29) is 10.8 Å². The Hall–Kier alpha value is -2.98. The van der Waals surface area contributed by atoms with Crippen LogP contribution in [0.15, 0.2) is 46.1 Å². The molecule has 2 heterocycles. The van der Waals surface area contributed by atoms with Gasteiger partial charge in [0, 0.05) is 32.3 Å². The van der Waals surface area contributed by atoms with Crippen LogP contribution in [0.1, 0.15) is 40.7 Å². The number of carbonyl (C=O) groups is 1. The molecule has 0 bridgehead atoms. The van der Waals surface area contributed by atoms with Gasteiger partial charge in [-0.05, 0) is 36.5 Å². The number of hydrogen-bond acceptors (Lipinski definition) is 6. The Morgan fingerprint density at radius 3 is 2.94 bits per heavy atom. The maximum absolute atomic E-state index is 12.7. The summed E-state index contributed by atoms with van der Waals surface area (Å²) in [7, 11) is -0.514. The molecular weight excluding hydrogens is 418 g/mol. The summed E-state index contributed by atoms with van der Waals surface area (Å²) in [6.45, 7) is 2.52. The molecule has 0 aliphatic heterocycles. The van der Waals surface area contributed by atoms with E-state index < -0.39 is 10.0 Å². The highest BCUT2D eigenvalue weighted by Crippen LogP contribution is 2.28. The average Bonchev–Trinajstić information content (AvgIpc) is 3.34. The summed E-state index contributed by atoms with van der Waals surface area (Å²) in [5.74, 6) is 0.970. The monoisotopic (exact) mass is 443 g/mol. The zero-order valence-corrected chi connectivity index (χ0v) is 18.5. The van der Waals surface area contributed by atoms with Gasteiger partial charge in [0.2, 0.25) is 10.0 Å². The zero-order chi connectivity index (χ0) is 22.2. The van der Waals surface area contributed by atoms with E-state index in [2.05, 4.69) is 22.5 Å². The van der Waals surface area contributed by atoms with Crippen molar-refractivity contribution in [1.29, 1.82) is 0 Å². The maximum Gasteiger partial charge on any atom is 0.278 e. The number of fused-ring (bicyclic) bond motifs is 1. The summed E-state index contributed by atoms with van der Waals surface area (Å²) < 4.78 is 32.8. The third kappa shape index (κ3) is 4.40. The molecule has 4 rings (SSSR count). The van der Waals surface area contributed by atoms with Crippen molar-refractivity contribution >= 4 is 21.6 Å². The lowest BCUT2D eigenvalue weighted by Crippen LogP contribution is -2.22. The van der Waals surface area contributed by atoms with E-state index in [9.17, 15) is 13.2 Å². The molecule has 1 aliphatic rings. The molecule has 1 aromatic carbocycles. The molecule has 1 unspecified atom stereocenters. The summed E-state index contributed by atoms with van der Waals surface area (Å²) in [6, 6.07) is 6.72. The Morgan fingerprint density at radius 1 is 1.35 bits per heavy atom. The number of aryl methyl sites for hydroxylation is 1. The molecule has 2 aromatic heterocycles. The van der Waals surface area contributed by atoms with Crippen LogP contribution >= 0.6 is 0 Å². The highest BCUT2D eigenvalue weighted by molar-refractivity contribution is 7.89. The largest absolute Gasteiger partial charge is 0.360 e. The second-order valence-electron chi connectivity index (χ2n) is 8.10. The topological polar surface area (TPSA) is 110 Å². The molecule has 1 amide bonds. The van der Waals surface area contributed by atoms with Crippen LogP contribution in [-0.4, -0.2) is 47.7 Å². The smallest absolute Gasteiger partial charge is 0.278 e.